The third-order valence-electron chi connectivity index (χ3n) is 9.45. The van der Waals surface area contributed by atoms with Crippen molar-refractivity contribution in [3.05, 3.63) is 91.3 Å². The van der Waals surface area contributed by atoms with Crippen LogP contribution in [0.1, 0.15) is 134 Å². The van der Waals surface area contributed by atoms with Gasteiger partial charge in [-0.3, -0.25) is 9.98 Å². The van der Waals surface area contributed by atoms with Gasteiger partial charge in [0.15, 0.2) is 0 Å². The van der Waals surface area contributed by atoms with E-state index in [1.54, 1.807) is 22.7 Å². The Kier molecular flexibility index (Phi) is 12.4. The maximum absolute atomic E-state index is 5.00. The van der Waals surface area contributed by atoms with Crippen LogP contribution in [0.5, 0.6) is 0 Å². The lowest BCUT2D eigenvalue weighted by Crippen LogP contribution is -2.25. The maximum atomic E-state index is 5.00. The summed E-state index contributed by atoms with van der Waals surface area (Å²) in [5, 5.41) is 0. The normalized spacial score (nSPS) is 13.7. The fourth-order valence-electron chi connectivity index (χ4n) is 7.03. The van der Waals surface area contributed by atoms with Gasteiger partial charge in [0.2, 0.25) is 0 Å². The average molecular weight is 637 g/mol. The van der Waals surface area contributed by atoms with Gasteiger partial charge in [-0.2, -0.15) is 0 Å². The zero-order chi connectivity index (χ0) is 31.5. The quantitative estimate of drug-likeness (QED) is 0.0767. The van der Waals surface area contributed by atoms with Crippen molar-refractivity contribution in [2.24, 2.45) is 9.98 Å². The molecule has 4 aromatic rings. The monoisotopic (exact) mass is 636 g/mol. The predicted octanol–water partition coefficient (Wildman–Crippen LogP) is 13.7. The maximum Gasteiger partial charge on any atom is 0.0633 e. The minimum absolute atomic E-state index is 0.0102. The van der Waals surface area contributed by atoms with Crippen LogP contribution in [0.2, 0.25) is 0 Å². The third-order valence-corrected chi connectivity index (χ3v) is 11.3. The van der Waals surface area contributed by atoms with Crippen LogP contribution >= 0.6 is 22.7 Å². The molecule has 0 aliphatic heterocycles. The molecule has 0 saturated heterocycles. The molecule has 0 saturated carbocycles. The van der Waals surface area contributed by atoms with Gasteiger partial charge in [-0.25, -0.2) is 0 Å². The Morgan fingerprint density at radius 3 is 1.36 bits per heavy atom. The molecule has 2 aromatic heterocycles. The standard InChI is InChI=1S/C41H52N2S2/c1-5-7-9-11-13-15-25-41(26-16-14-12-10-8-6-2)39-27-33(42-29-35-21-17-31(3)44-35)19-23-37(39)38-24-20-34(28-40(38)41)43-30-36-22-18-32(4)45-36/h17-24,27-30H,5-16,25-26H2,1-4H3. The Hall–Kier alpha value is -2.82. The van der Waals surface area contributed by atoms with Crippen LogP contribution in [0.4, 0.5) is 11.4 Å². The molecule has 45 heavy (non-hydrogen) atoms. The summed E-state index contributed by atoms with van der Waals surface area (Å²) in [6, 6.07) is 22.7. The van der Waals surface area contributed by atoms with Crippen molar-refractivity contribution in [2.75, 3.05) is 0 Å². The Bertz CT molecular complexity index is 1450. The molecule has 0 bridgehead atoms. The van der Waals surface area contributed by atoms with E-state index in [4.69, 9.17) is 9.98 Å². The first kappa shape index (κ1) is 33.5. The zero-order valence-corrected chi connectivity index (χ0v) is 29.7. The molecule has 0 amide bonds. The number of aliphatic imine (C=N–C) groups is 2. The van der Waals surface area contributed by atoms with Crippen molar-refractivity contribution in [2.45, 2.75) is 123 Å². The number of hydrogen-bond donors (Lipinski definition) is 0. The van der Waals surface area contributed by atoms with Gasteiger partial charge in [-0.15, -0.1) is 22.7 Å². The molecule has 0 fully saturated rings. The van der Waals surface area contributed by atoms with Crippen molar-refractivity contribution >= 4 is 46.5 Å². The van der Waals surface area contributed by atoms with E-state index in [1.165, 1.54) is 132 Å². The average Bonchev–Trinajstić information content (AvgIpc) is 3.74. The molecule has 2 heterocycles. The minimum Gasteiger partial charge on any atom is -0.255 e. The summed E-state index contributed by atoms with van der Waals surface area (Å²) < 4.78 is 0. The molecule has 0 atom stereocenters. The first-order chi connectivity index (χ1) is 22.0. The lowest BCUT2D eigenvalue weighted by atomic mass is 9.70. The first-order valence-electron chi connectivity index (χ1n) is 17.5. The minimum atomic E-state index is 0.0102. The Morgan fingerprint density at radius 2 is 0.956 bits per heavy atom. The lowest BCUT2D eigenvalue weighted by Gasteiger charge is -2.33. The molecule has 238 valence electrons. The summed E-state index contributed by atoms with van der Waals surface area (Å²) in [4.78, 5) is 15.1. The molecule has 2 nitrogen and oxygen atoms in total. The van der Waals surface area contributed by atoms with Crippen LogP contribution < -0.4 is 0 Å². The SMILES string of the molecule is CCCCCCCCC1(CCCCCCCC)c2cc(N=Cc3ccc(C)s3)ccc2-c2ccc(N=Cc3ccc(C)s3)cc21. The second kappa shape index (κ2) is 16.7. The van der Waals surface area contributed by atoms with Gasteiger partial charge in [-0.05, 0) is 97.5 Å². The van der Waals surface area contributed by atoms with Gasteiger partial charge in [0, 0.05) is 37.4 Å². The zero-order valence-electron chi connectivity index (χ0n) is 28.0. The van der Waals surface area contributed by atoms with Crippen molar-refractivity contribution in [3.8, 4) is 11.1 Å². The summed E-state index contributed by atoms with van der Waals surface area (Å²) in [7, 11) is 0. The highest BCUT2D eigenvalue weighted by Crippen LogP contribution is 2.55. The molecule has 2 aromatic carbocycles. The molecule has 0 unspecified atom stereocenters. The van der Waals surface area contributed by atoms with Gasteiger partial charge in [0.25, 0.3) is 0 Å². The van der Waals surface area contributed by atoms with Crippen LogP contribution in [0, 0.1) is 13.8 Å². The molecule has 5 rings (SSSR count). The van der Waals surface area contributed by atoms with Gasteiger partial charge < -0.3 is 0 Å². The van der Waals surface area contributed by atoms with Crippen molar-refractivity contribution in [3.63, 3.8) is 0 Å². The van der Waals surface area contributed by atoms with E-state index in [9.17, 15) is 0 Å². The number of fused-ring (bicyclic) bond motifs is 3. The van der Waals surface area contributed by atoms with E-state index in [2.05, 4.69) is 88.4 Å². The lowest BCUT2D eigenvalue weighted by molar-refractivity contribution is 0.398. The number of hydrogen-bond acceptors (Lipinski definition) is 4. The molecule has 0 N–H and O–H groups in total. The number of aryl methyl sites for hydroxylation is 2. The summed E-state index contributed by atoms with van der Waals surface area (Å²) in [5.41, 5.74) is 7.92. The predicted molar refractivity (Wildman–Crippen MR) is 201 cm³/mol. The van der Waals surface area contributed by atoms with Crippen LogP contribution in [0.3, 0.4) is 0 Å². The second-order valence-corrected chi connectivity index (χ2v) is 15.6. The van der Waals surface area contributed by atoms with Crippen molar-refractivity contribution < 1.29 is 0 Å². The molecular formula is C41H52N2S2. The van der Waals surface area contributed by atoms with Crippen LogP contribution in [-0.4, -0.2) is 12.4 Å². The van der Waals surface area contributed by atoms with E-state index in [0.29, 0.717) is 0 Å². The smallest absolute Gasteiger partial charge is 0.0633 e. The van der Waals surface area contributed by atoms with Gasteiger partial charge in [-0.1, -0.05) is 103 Å². The van der Waals surface area contributed by atoms with E-state index < -0.39 is 0 Å². The summed E-state index contributed by atoms with van der Waals surface area (Å²) in [6.07, 6.45) is 22.3. The van der Waals surface area contributed by atoms with E-state index >= 15 is 0 Å². The largest absolute Gasteiger partial charge is 0.255 e. The van der Waals surface area contributed by atoms with Crippen LogP contribution in [0.25, 0.3) is 11.1 Å². The molecule has 0 radical (unpaired) electrons. The molecule has 0 spiro atoms. The Balaban J connectivity index is 1.51. The number of thiophene rings is 2. The number of rotatable bonds is 18. The highest BCUT2D eigenvalue weighted by molar-refractivity contribution is 7.13. The van der Waals surface area contributed by atoms with E-state index in [1.807, 2.05) is 12.4 Å². The van der Waals surface area contributed by atoms with Gasteiger partial charge >= 0.3 is 0 Å². The van der Waals surface area contributed by atoms with E-state index in [-0.39, 0.29) is 5.41 Å². The van der Waals surface area contributed by atoms with Crippen LogP contribution in [-0.2, 0) is 5.41 Å². The second-order valence-electron chi connectivity index (χ2n) is 13.0. The Morgan fingerprint density at radius 1 is 0.533 bits per heavy atom. The Labute approximate surface area is 280 Å². The fourth-order valence-corrected chi connectivity index (χ4v) is 8.53. The molecule has 1 aliphatic rings. The van der Waals surface area contributed by atoms with Gasteiger partial charge in [0.05, 0.1) is 11.4 Å². The summed E-state index contributed by atoms with van der Waals surface area (Å²) >= 11 is 3.61. The highest BCUT2D eigenvalue weighted by atomic mass is 32.1. The highest BCUT2D eigenvalue weighted by Gasteiger charge is 2.42. The topological polar surface area (TPSA) is 24.7 Å². The van der Waals surface area contributed by atoms with Crippen LogP contribution in [0.15, 0.2) is 70.6 Å². The van der Waals surface area contributed by atoms with Crippen molar-refractivity contribution in [1.82, 2.24) is 0 Å². The van der Waals surface area contributed by atoms with E-state index in [0.717, 1.165) is 11.4 Å². The molecular weight excluding hydrogens is 585 g/mol. The fraction of sp³-hybridized carbons (Fsp3) is 0.463. The third kappa shape index (κ3) is 8.71. The van der Waals surface area contributed by atoms with Crippen molar-refractivity contribution in [1.29, 1.82) is 0 Å². The summed E-state index contributed by atoms with van der Waals surface area (Å²) in [5.74, 6) is 0. The molecule has 4 heteroatoms. The number of nitrogens with zero attached hydrogens (tertiary/aromatic N) is 2. The number of benzene rings is 2. The first-order valence-corrected chi connectivity index (χ1v) is 19.2. The summed E-state index contributed by atoms with van der Waals surface area (Å²) in [6.45, 7) is 8.93. The van der Waals surface area contributed by atoms with Gasteiger partial charge in [0.1, 0.15) is 0 Å². The molecule has 1 aliphatic carbocycles. The number of unbranched alkanes of at least 4 members (excludes halogenated alkanes) is 10.